The Hall–Kier alpha value is -1.39. The molecule has 17 heavy (non-hydrogen) atoms. The Bertz CT molecular complexity index is 592. The number of hydrogen-bond donors (Lipinski definition) is 1. The second-order valence-electron chi connectivity index (χ2n) is 3.69. The Morgan fingerprint density at radius 1 is 1.41 bits per heavy atom. The Morgan fingerprint density at radius 3 is 2.65 bits per heavy atom. The molecule has 1 N–H and O–H groups in total. The molecule has 1 heterocycles. The summed E-state index contributed by atoms with van der Waals surface area (Å²) in [5.41, 5.74) is 2.56. The summed E-state index contributed by atoms with van der Waals surface area (Å²) in [6.07, 6.45) is 0. The number of aromatic carboxylic acids is 1. The molecule has 0 unspecified atom stereocenters. The van der Waals surface area contributed by atoms with Gasteiger partial charge in [0.05, 0.1) is 5.69 Å². The van der Waals surface area contributed by atoms with Crippen molar-refractivity contribution in [2.24, 2.45) is 0 Å². The normalized spacial score (nSPS) is 10.5. The SMILES string of the molecule is Cc1cc(-c2nc(C(=O)O)sc2C)ccc1Cl. The molecule has 0 aliphatic carbocycles. The predicted molar refractivity (Wildman–Crippen MR) is 69.0 cm³/mol. The van der Waals surface area contributed by atoms with Gasteiger partial charge >= 0.3 is 5.97 Å². The fourth-order valence-corrected chi connectivity index (χ4v) is 2.44. The molecule has 0 radical (unpaired) electrons. The smallest absolute Gasteiger partial charge is 0.365 e. The van der Waals surface area contributed by atoms with E-state index in [0.717, 1.165) is 16.0 Å². The molecule has 0 atom stereocenters. The minimum Gasteiger partial charge on any atom is -0.476 e. The Labute approximate surface area is 108 Å². The van der Waals surface area contributed by atoms with Crippen molar-refractivity contribution in [1.82, 2.24) is 4.98 Å². The topological polar surface area (TPSA) is 50.2 Å². The van der Waals surface area contributed by atoms with Crippen molar-refractivity contribution < 1.29 is 9.90 Å². The monoisotopic (exact) mass is 267 g/mol. The fraction of sp³-hybridized carbons (Fsp3) is 0.167. The van der Waals surface area contributed by atoms with E-state index in [0.29, 0.717) is 10.7 Å². The van der Waals surface area contributed by atoms with Crippen LogP contribution in [0.5, 0.6) is 0 Å². The van der Waals surface area contributed by atoms with E-state index in [1.54, 1.807) is 6.07 Å². The molecule has 2 rings (SSSR count). The standard InChI is InChI=1S/C12H10ClNO2S/c1-6-5-8(3-4-9(6)13)10-7(2)17-11(14-10)12(15)16/h3-5H,1-2H3,(H,15,16). The first-order valence-corrected chi connectivity index (χ1v) is 6.15. The van der Waals surface area contributed by atoms with Crippen LogP contribution in [-0.2, 0) is 0 Å². The predicted octanol–water partition coefficient (Wildman–Crippen LogP) is 3.78. The van der Waals surface area contributed by atoms with E-state index in [1.807, 2.05) is 26.0 Å². The molecule has 3 nitrogen and oxygen atoms in total. The van der Waals surface area contributed by atoms with Crippen LogP contribution in [0.15, 0.2) is 18.2 Å². The summed E-state index contributed by atoms with van der Waals surface area (Å²) in [5.74, 6) is -0.991. The molecule has 5 heteroatoms. The number of rotatable bonds is 2. The average molecular weight is 268 g/mol. The van der Waals surface area contributed by atoms with Crippen LogP contribution in [0.1, 0.15) is 20.2 Å². The number of carbonyl (C=O) groups is 1. The average Bonchev–Trinajstić information content (AvgIpc) is 2.65. The lowest BCUT2D eigenvalue weighted by atomic mass is 10.1. The number of nitrogens with zero attached hydrogens (tertiary/aromatic N) is 1. The van der Waals surface area contributed by atoms with Crippen LogP contribution < -0.4 is 0 Å². The van der Waals surface area contributed by atoms with E-state index in [-0.39, 0.29) is 5.01 Å². The first-order valence-electron chi connectivity index (χ1n) is 4.96. The van der Waals surface area contributed by atoms with Crippen molar-refractivity contribution in [3.63, 3.8) is 0 Å². The minimum atomic E-state index is -0.991. The van der Waals surface area contributed by atoms with E-state index in [4.69, 9.17) is 16.7 Å². The summed E-state index contributed by atoms with van der Waals surface area (Å²) in [7, 11) is 0. The third-order valence-electron chi connectivity index (χ3n) is 2.41. The summed E-state index contributed by atoms with van der Waals surface area (Å²) in [6, 6.07) is 5.56. The molecule has 0 amide bonds. The van der Waals surface area contributed by atoms with E-state index in [1.165, 1.54) is 11.3 Å². The van der Waals surface area contributed by atoms with Gasteiger partial charge in [-0.15, -0.1) is 11.3 Å². The quantitative estimate of drug-likeness (QED) is 0.901. The maximum Gasteiger partial charge on any atom is 0.365 e. The molecule has 0 aliphatic heterocycles. The molecule has 0 aliphatic rings. The molecule has 0 saturated carbocycles. The highest BCUT2D eigenvalue weighted by Gasteiger charge is 2.14. The number of hydrogen-bond acceptors (Lipinski definition) is 3. The van der Waals surface area contributed by atoms with Crippen LogP contribution in [0.3, 0.4) is 0 Å². The van der Waals surface area contributed by atoms with Gasteiger partial charge in [-0.05, 0) is 31.5 Å². The van der Waals surface area contributed by atoms with Gasteiger partial charge in [0.25, 0.3) is 0 Å². The summed E-state index contributed by atoms with van der Waals surface area (Å²) in [4.78, 5) is 15.9. The van der Waals surface area contributed by atoms with Gasteiger partial charge in [0, 0.05) is 15.5 Å². The first kappa shape index (κ1) is 12.1. The highest BCUT2D eigenvalue weighted by Crippen LogP contribution is 2.29. The molecule has 88 valence electrons. The minimum absolute atomic E-state index is 0.116. The second-order valence-corrected chi connectivity index (χ2v) is 5.30. The zero-order chi connectivity index (χ0) is 12.6. The first-order chi connectivity index (χ1) is 7.99. The number of thiazole rings is 1. The maximum absolute atomic E-state index is 10.8. The molecular weight excluding hydrogens is 258 g/mol. The number of carboxylic acid groups (broad SMARTS) is 1. The van der Waals surface area contributed by atoms with Crippen molar-refractivity contribution in [2.75, 3.05) is 0 Å². The zero-order valence-corrected chi connectivity index (χ0v) is 10.9. The number of carboxylic acids is 1. The molecule has 0 saturated heterocycles. The van der Waals surface area contributed by atoms with Crippen molar-refractivity contribution in [3.05, 3.63) is 38.7 Å². The van der Waals surface area contributed by atoms with Gasteiger partial charge in [0.15, 0.2) is 0 Å². The number of benzene rings is 1. The third kappa shape index (κ3) is 2.33. The van der Waals surface area contributed by atoms with Crippen LogP contribution >= 0.6 is 22.9 Å². The fourth-order valence-electron chi connectivity index (χ4n) is 1.55. The van der Waals surface area contributed by atoms with Crippen molar-refractivity contribution in [3.8, 4) is 11.3 Å². The van der Waals surface area contributed by atoms with Crippen molar-refractivity contribution in [1.29, 1.82) is 0 Å². The van der Waals surface area contributed by atoms with Crippen LogP contribution in [0.4, 0.5) is 0 Å². The highest BCUT2D eigenvalue weighted by atomic mass is 35.5. The molecule has 0 bridgehead atoms. The Kier molecular flexibility index (Phi) is 3.17. The molecule has 1 aromatic carbocycles. The lowest BCUT2D eigenvalue weighted by Gasteiger charge is -2.02. The van der Waals surface area contributed by atoms with Crippen molar-refractivity contribution in [2.45, 2.75) is 13.8 Å². The zero-order valence-electron chi connectivity index (χ0n) is 9.32. The summed E-state index contributed by atoms with van der Waals surface area (Å²) >= 11 is 7.14. The Balaban J connectivity index is 2.52. The molecule has 1 aromatic heterocycles. The van der Waals surface area contributed by atoms with Gasteiger partial charge in [0.2, 0.25) is 5.01 Å². The van der Waals surface area contributed by atoms with Gasteiger partial charge < -0.3 is 5.11 Å². The van der Waals surface area contributed by atoms with Crippen LogP contribution in [0, 0.1) is 13.8 Å². The van der Waals surface area contributed by atoms with Gasteiger partial charge in [-0.2, -0.15) is 0 Å². The largest absolute Gasteiger partial charge is 0.476 e. The van der Waals surface area contributed by atoms with Crippen LogP contribution in [0.25, 0.3) is 11.3 Å². The van der Waals surface area contributed by atoms with Gasteiger partial charge in [-0.25, -0.2) is 9.78 Å². The molecular formula is C12H10ClNO2S. The van der Waals surface area contributed by atoms with E-state index in [9.17, 15) is 4.79 Å². The summed E-state index contributed by atoms with van der Waals surface area (Å²) in [6.45, 7) is 3.77. The lowest BCUT2D eigenvalue weighted by molar-refractivity contribution is 0.0696. The summed E-state index contributed by atoms with van der Waals surface area (Å²) < 4.78 is 0. The van der Waals surface area contributed by atoms with Gasteiger partial charge in [-0.3, -0.25) is 0 Å². The van der Waals surface area contributed by atoms with E-state index < -0.39 is 5.97 Å². The van der Waals surface area contributed by atoms with Crippen LogP contribution in [-0.4, -0.2) is 16.1 Å². The molecule has 2 aromatic rings. The van der Waals surface area contributed by atoms with E-state index >= 15 is 0 Å². The number of aryl methyl sites for hydroxylation is 2. The van der Waals surface area contributed by atoms with Gasteiger partial charge in [0.1, 0.15) is 0 Å². The molecule has 0 spiro atoms. The lowest BCUT2D eigenvalue weighted by Crippen LogP contribution is -1.94. The highest BCUT2D eigenvalue weighted by molar-refractivity contribution is 7.13. The Morgan fingerprint density at radius 2 is 2.12 bits per heavy atom. The van der Waals surface area contributed by atoms with Gasteiger partial charge in [-0.1, -0.05) is 17.7 Å². The second kappa shape index (κ2) is 4.47. The summed E-state index contributed by atoms with van der Waals surface area (Å²) in [5, 5.41) is 9.71. The number of aromatic nitrogens is 1. The third-order valence-corrected chi connectivity index (χ3v) is 3.79. The molecule has 0 fully saturated rings. The van der Waals surface area contributed by atoms with Crippen molar-refractivity contribution >= 4 is 28.9 Å². The number of halogens is 1. The van der Waals surface area contributed by atoms with Crippen LogP contribution in [0.2, 0.25) is 5.02 Å². The van der Waals surface area contributed by atoms with E-state index in [2.05, 4.69) is 4.98 Å². The maximum atomic E-state index is 10.8.